The molecule has 0 saturated heterocycles. The Labute approximate surface area is 110 Å². The molecule has 2 rings (SSSR count). The predicted molar refractivity (Wildman–Crippen MR) is 71.4 cm³/mol. The summed E-state index contributed by atoms with van der Waals surface area (Å²) in [6, 6.07) is 14.5. The minimum atomic E-state index is 0.423. The van der Waals surface area contributed by atoms with Crippen LogP contribution >= 0.6 is 11.6 Å². The molecule has 2 N–H and O–H groups in total. The van der Waals surface area contributed by atoms with E-state index in [0.717, 1.165) is 5.56 Å². The molecule has 0 saturated carbocycles. The van der Waals surface area contributed by atoms with Crippen molar-refractivity contribution in [2.45, 2.75) is 6.61 Å². The zero-order chi connectivity index (χ0) is 13.0. The molecule has 0 aliphatic carbocycles. The Hall–Kier alpha value is -2.18. The number of rotatable bonds is 3. The molecule has 0 aliphatic rings. The maximum Gasteiger partial charge on any atom is 0.121 e. The lowest BCUT2D eigenvalue weighted by Gasteiger charge is -2.07. The molecular formula is C14H11ClN2O. The molecular weight excluding hydrogens is 248 g/mol. The molecule has 2 aromatic carbocycles. The van der Waals surface area contributed by atoms with Crippen LogP contribution in [0.5, 0.6) is 5.75 Å². The zero-order valence-corrected chi connectivity index (χ0v) is 10.3. The average molecular weight is 259 g/mol. The monoisotopic (exact) mass is 258 g/mol. The van der Waals surface area contributed by atoms with Gasteiger partial charge in [0, 0.05) is 6.07 Å². The van der Waals surface area contributed by atoms with Crippen LogP contribution in [0.15, 0.2) is 42.5 Å². The van der Waals surface area contributed by atoms with Crippen LogP contribution in [0.25, 0.3) is 0 Å². The van der Waals surface area contributed by atoms with Crippen molar-refractivity contribution in [3.63, 3.8) is 0 Å². The number of nitrogens with two attached hydrogens (primary N) is 1. The van der Waals surface area contributed by atoms with E-state index < -0.39 is 0 Å². The van der Waals surface area contributed by atoms with Crippen molar-refractivity contribution in [2.75, 3.05) is 5.73 Å². The molecule has 4 heteroatoms. The van der Waals surface area contributed by atoms with E-state index in [-0.39, 0.29) is 0 Å². The van der Waals surface area contributed by atoms with Gasteiger partial charge in [-0.25, -0.2) is 0 Å². The molecule has 0 radical (unpaired) electrons. The minimum absolute atomic E-state index is 0.423. The van der Waals surface area contributed by atoms with Gasteiger partial charge in [-0.15, -0.1) is 0 Å². The molecule has 3 nitrogen and oxygen atoms in total. The van der Waals surface area contributed by atoms with Crippen molar-refractivity contribution in [3.8, 4) is 11.8 Å². The van der Waals surface area contributed by atoms with Gasteiger partial charge >= 0.3 is 0 Å². The van der Waals surface area contributed by atoms with E-state index in [4.69, 9.17) is 27.3 Å². The summed E-state index contributed by atoms with van der Waals surface area (Å²) in [5.74, 6) is 0.665. The first-order valence-electron chi connectivity index (χ1n) is 5.36. The van der Waals surface area contributed by atoms with Gasteiger partial charge in [-0.2, -0.15) is 5.26 Å². The van der Waals surface area contributed by atoms with Crippen molar-refractivity contribution in [1.29, 1.82) is 5.26 Å². The summed E-state index contributed by atoms with van der Waals surface area (Å²) >= 11 is 5.89. The standard InChI is InChI=1S/C14H11ClN2O/c15-13-7-12(5-6-14(13)17)18-9-11-3-1-10(8-16)2-4-11/h1-7H,9,17H2. The first kappa shape index (κ1) is 12.3. The first-order chi connectivity index (χ1) is 8.69. The highest BCUT2D eigenvalue weighted by atomic mass is 35.5. The molecule has 0 atom stereocenters. The van der Waals surface area contributed by atoms with Crippen LogP contribution in [0.4, 0.5) is 5.69 Å². The molecule has 0 fully saturated rings. The van der Waals surface area contributed by atoms with Crippen LogP contribution in [0, 0.1) is 11.3 Å². The second-order valence-electron chi connectivity index (χ2n) is 3.78. The van der Waals surface area contributed by atoms with E-state index in [1.807, 2.05) is 12.1 Å². The predicted octanol–water partition coefficient (Wildman–Crippen LogP) is 3.37. The van der Waals surface area contributed by atoms with Gasteiger partial charge in [0.05, 0.1) is 22.3 Å². The summed E-state index contributed by atoms with van der Waals surface area (Å²) < 4.78 is 5.58. The van der Waals surface area contributed by atoms with Crippen LogP contribution in [0.3, 0.4) is 0 Å². The maximum absolute atomic E-state index is 8.69. The van der Waals surface area contributed by atoms with Crippen LogP contribution in [0.2, 0.25) is 5.02 Å². The van der Waals surface area contributed by atoms with Crippen LogP contribution in [-0.4, -0.2) is 0 Å². The summed E-state index contributed by atoms with van der Waals surface area (Å²) in [5.41, 5.74) is 7.76. The van der Waals surface area contributed by atoms with E-state index in [0.29, 0.717) is 28.6 Å². The molecule has 0 heterocycles. The number of halogens is 1. The molecule has 0 aromatic heterocycles. The van der Waals surface area contributed by atoms with Crippen molar-refractivity contribution >= 4 is 17.3 Å². The fourth-order valence-corrected chi connectivity index (χ4v) is 1.61. The number of anilines is 1. The van der Waals surface area contributed by atoms with Crippen molar-refractivity contribution in [1.82, 2.24) is 0 Å². The van der Waals surface area contributed by atoms with Gasteiger partial charge in [-0.05, 0) is 29.8 Å². The number of hydrogen-bond donors (Lipinski definition) is 1. The van der Waals surface area contributed by atoms with Crippen LogP contribution < -0.4 is 10.5 Å². The van der Waals surface area contributed by atoms with Gasteiger partial charge in [0.25, 0.3) is 0 Å². The topological polar surface area (TPSA) is 59.0 Å². The summed E-state index contributed by atoms with van der Waals surface area (Å²) in [7, 11) is 0. The van der Waals surface area contributed by atoms with Gasteiger partial charge in [-0.1, -0.05) is 23.7 Å². The number of hydrogen-bond acceptors (Lipinski definition) is 3. The van der Waals surface area contributed by atoms with Crippen molar-refractivity contribution in [3.05, 3.63) is 58.6 Å². The normalized spacial score (nSPS) is 9.78. The summed E-state index contributed by atoms with van der Waals surface area (Å²) in [6.45, 7) is 0.423. The highest BCUT2D eigenvalue weighted by Gasteiger charge is 2.00. The Morgan fingerprint density at radius 3 is 2.50 bits per heavy atom. The average Bonchev–Trinajstić information content (AvgIpc) is 2.41. The quantitative estimate of drug-likeness (QED) is 0.859. The zero-order valence-electron chi connectivity index (χ0n) is 9.56. The number of ether oxygens (including phenoxy) is 1. The second-order valence-corrected chi connectivity index (χ2v) is 4.19. The third-order valence-electron chi connectivity index (χ3n) is 2.46. The molecule has 2 aromatic rings. The lowest BCUT2D eigenvalue weighted by atomic mass is 10.2. The molecule has 0 spiro atoms. The minimum Gasteiger partial charge on any atom is -0.489 e. The van der Waals surface area contributed by atoms with E-state index in [2.05, 4.69) is 6.07 Å². The number of nitriles is 1. The van der Waals surface area contributed by atoms with Gasteiger partial charge in [0.1, 0.15) is 12.4 Å². The molecule has 0 aliphatic heterocycles. The summed E-state index contributed by atoms with van der Waals surface area (Å²) in [4.78, 5) is 0. The number of benzene rings is 2. The summed E-state index contributed by atoms with van der Waals surface area (Å²) in [6.07, 6.45) is 0. The van der Waals surface area contributed by atoms with Crippen molar-refractivity contribution < 1.29 is 4.74 Å². The largest absolute Gasteiger partial charge is 0.489 e. The highest BCUT2D eigenvalue weighted by molar-refractivity contribution is 6.33. The Morgan fingerprint density at radius 2 is 1.89 bits per heavy atom. The second kappa shape index (κ2) is 5.44. The fraction of sp³-hybridized carbons (Fsp3) is 0.0714. The lowest BCUT2D eigenvalue weighted by Crippen LogP contribution is -1.96. The number of nitrogens with zero attached hydrogens (tertiary/aromatic N) is 1. The SMILES string of the molecule is N#Cc1ccc(COc2ccc(N)c(Cl)c2)cc1. The third kappa shape index (κ3) is 2.93. The Bertz CT molecular complexity index is 588. The maximum atomic E-state index is 8.69. The molecule has 90 valence electrons. The van der Waals surface area contributed by atoms with E-state index in [9.17, 15) is 0 Å². The smallest absolute Gasteiger partial charge is 0.121 e. The van der Waals surface area contributed by atoms with E-state index in [1.54, 1.807) is 30.3 Å². The van der Waals surface area contributed by atoms with Gasteiger partial charge < -0.3 is 10.5 Å². The molecule has 0 amide bonds. The number of nitrogen functional groups attached to an aromatic ring is 1. The van der Waals surface area contributed by atoms with Crippen molar-refractivity contribution in [2.24, 2.45) is 0 Å². The lowest BCUT2D eigenvalue weighted by molar-refractivity contribution is 0.306. The van der Waals surface area contributed by atoms with Gasteiger partial charge in [0.15, 0.2) is 0 Å². The van der Waals surface area contributed by atoms with Crippen LogP contribution in [-0.2, 0) is 6.61 Å². The Morgan fingerprint density at radius 1 is 1.17 bits per heavy atom. The van der Waals surface area contributed by atoms with Crippen LogP contribution in [0.1, 0.15) is 11.1 Å². The molecule has 18 heavy (non-hydrogen) atoms. The summed E-state index contributed by atoms with van der Waals surface area (Å²) in [5, 5.41) is 9.16. The van der Waals surface area contributed by atoms with E-state index in [1.165, 1.54) is 0 Å². The molecule has 0 bridgehead atoms. The van der Waals surface area contributed by atoms with E-state index >= 15 is 0 Å². The first-order valence-corrected chi connectivity index (χ1v) is 5.73. The Kier molecular flexibility index (Phi) is 3.71. The molecule has 0 unspecified atom stereocenters. The fourth-order valence-electron chi connectivity index (χ4n) is 1.44. The highest BCUT2D eigenvalue weighted by Crippen LogP contribution is 2.24. The Balaban J connectivity index is 2.02. The van der Waals surface area contributed by atoms with Gasteiger partial charge in [0.2, 0.25) is 0 Å². The van der Waals surface area contributed by atoms with Gasteiger partial charge in [-0.3, -0.25) is 0 Å². The third-order valence-corrected chi connectivity index (χ3v) is 2.79.